The third-order valence-corrected chi connectivity index (χ3v) is 4.27. The lowest BCUT2D eigenvalue weighted by molar-refractivity contribution is -0.118. The fraction of sp³-hybridized carbons (Fsp3) is 0.438. The van der Waals surface area contributed by atoms with E-state index in [0.29, 0.717) is 18.7 Å². The number of anilines is 1. The van der Waals surface area contributed by atoms with Gasteiger partial charge >= 0.3 is 0 Å². The second-order valence-corrected chi connectivity index (χ2v) is 6.34. The lowest BCUT2D eigenvalue weighted by atomic mass is 10.2. The van der Waals surface area contributed by atoms with Gasteiger partial charge in [0, 0.05) is 36.0 Å². The Kier molecular flexibility index (Phi) is 4.57. The van der Waals surface area contributed by atoms with E-state index in [9.17, 15) is 4.79 Å². The van der Waals surface area contributed by atoms with Crippen LogP contribution in [0.2, 0.25) is 0 Å². The maximum atomic E-state index is 12.4. The molecular weight excluding hydrogens is 346 g/mol. The summed E-state index contributed by atoms with van der Waals surface area (Å²) in [4.78, 5) is 18.6. The van der Waals surface area contributed by atoms with Crippen molar-refractivity contribution in [3.05, 3.63) is 40.0 Å². The van der Waals surface area contributed by atoms with Gasteiger partial charge in [-0.05, 0) is 36.6 Å². The molecule has 0 unspecified atom stereocenters. The predicted molar refractivity (Wildman–Crippen MR) is 86.8 cm³/mol. The van der Waals surface area contributed by atoms with Gasteiger partial charge < -0.3 is 9.42 Å². The zero-order valence-corrected chi connectivity index (χ0v) is 14.1. The zero-order valence-electron chi connectivity index (χ0n) is 12.5. The van der Waals surface area contributed by atoms with Crippen LogP contribution in [0.1, 0.15) is 37.0 Å². The Hall–Kier alpha value is -1.69. The van der Waals surface area contributed by atoms with Crippen molar-refractivity contribution in [1.29, 1.82) is 0 Å². The highest BCUT2D eigenvalue weighted by Gasteiger charge is 2.24. The molecule has 1 aliphatic rings. The van der Waals surface area contributed by atoms with Gasteiger partial charge in [-0.2, -0.15) is 4.98 Å². The second kappa shape index (κ2) is 6.60. The Balaban J connectivity index is 1.61. The van der Waals surface area contributed by atoms with Crippen molar-refractivity contribution < 1.29 is 9.32 Å². The van der Waals surface area contributed by atoms with Gasteiger partial charge in [-0.1, -0.05) is 28.0 Å². The number of halogens is 1. The number of aryl methyl sites for hydroxylation is 2. The van der Waals surface area contributed by atoms with Gasteiger partial charge in [0.1, 0.15) is 0 Å². The van der Waals surface area contributed by atoms with Crippen LogP contribution >= 0.6 is 15.9 Å². The van der Waals surface area contributed by atoms with Gasteiger partial charge in [0.05, 0.1) is 0 Å². The van der Waals surface area contributed by atoms with Gasteiger partial charge in [-0.25, -0.2) is 0 Å². The molecule has 3 rings (SSSR count). The van der Waals surface area contributed by atoms with Crippen LogP contribution < -0.4 is 4.90 Å². The van der Waals surface area contributed by atoms with E-state index in [1.807, 2.05) is 17.0 Å². The van der Waals surface area contributed by atoms with E-state index < -0.39 is 0 Å². The zero-order chi connectivity index (χ0) is 15.5. The van der Waals surface area contributed by atoms with Crippen molar-refractivity contribution >= 4 is 27.5 Å². The minimum Gasteiger partial charge on any atom is -0.339 e. The average molecular weight is 364 g/mol. The number of fused-ring (bicyclic) bond motifs is 1. The molecule has 0 radical (unpaired) electrons. The van der Waals surface area contributed by atoms with Crippen molar-refractivity contribution in [3.8, 4) is 0 Å². The Morgan fingerprint density at radius 3 is 3.09 bits per heavy atom. The molecule has 0 N–H and O–H groups in total. The first kappa shape index (κ1) is 15.2. The molecule has 0 spiro atoms. The van der Waals surface area contributed by atoms with Crippen molar-refractivity contribution in [2.24, 2.45) is 0 Å². The summed E-state index contributed by atoms with van der Waals surface area (Å²) in [6.07, 6.45) is 3.59. The maximum absolute atomic E-state index is 12.4. The number of aromatic nitrogens is 2. The normalized spacial score (nSPS) is 13.5. The summed E-state index contributed by atoms with van der Waals surface area (Å²) in [6, 6.07) is 6.05. The topological polar surface area (TPSA) is 59.2 Å². The lowest BCUT2D eigenvalue weighted by Gasteiger charge is -2.16. The number of amides is 1. The first-order valence-corrected chi connectivity index (χ1v) is 8.37. The Morgan fingerprint density at radius 1 is 1.41 bits per heavy atom. The van der Waals surface area contributed by atoms with E-state index in [-0.39, 0.29) is 5.91 Å². The molecule has 1 aromatic carbocycles. The largest absolute Gasteiger partial charge is 0.339 e. The molecule has 1 amide bonds. The number of hydrogen-bond donors (Lipinski definition) is 0. The van der Waals surface area contributed by atoms with Crippen molar-refractivity contribution in [1.82, 2.24) is 10.1 Å². The van der Waals surface area contributed by atoms with Gasteiger partial charge in [0.2, 0.25) is 11.8 Å². The number of benzene rings is 1. The van der Waals surface area contributed by atoms with E-state index >= 15 is 0 Å². The van der Waals surface area contributed by atoms with Gasteiger partial charge in [-0.15, -0.1) is 0 Å². The number of carbonyl (C=O) groups is 1. The standard InChI is InChI=1S/C16H18BrN3O2/c1-2-3-14-18-15(22-19-14)6-7-16(21)20-9-8-11-10-12(17)4-5-13(11)20/h4-5,10H,2-3,6-9H2,1H3. The van der Waals surface area contributed by atoms with Crippen LogP contribution in [0.3, 0.4) is 0 Å². The number of hydrogen-bond acceptors (Lipinski definition) is 4. The first-order chi connectivity index (χ1) is 10.7. The summed E-state index contributed by atoms with van der Waals surface area (Å²) in [5, 5.41) is 3.91. The molecule has 0 fully saturated rings. The summed E-state index contributed by atoms with van der Waals surface area (Å²) >= 11 is 3.47. The van der Waals surface area contributed by atoms with Crippen LogP contribution in [-0.4, -0.2) is 22.6 Å². The molecule has 2 aromatic rings. The maximum Gasteiger partial charge on any atom is 0.227 e. The summed E-state index contributed by atoms with van der Waals surface area (Å²) in [5.74, 6) is 1.38. The van der Waals surface area contributed by atoms with Crippen molar-refractivity contribution in [3.63, 3.8) is 0 Å². The van der Waals surface area contributed by atoms with E-state index in [1.54, 1.807) is 0 Å². The van der Waals surface area contributed by atoms with Crippen molar-refractivity contribution in [2.75, 3.05) is 11.4 Å². The van der Waals surface area contributed by atoms with Crippen LogP contribution in [0.25, 0.3) is 0 Å². The molecule has 0 atom stereocenters. The molecule has 0 saturated carbocycles. The molecule has 2 heterocycles. The highest BCUT2D eigenvalue weighted by Crippen LogP contribution is 2.31. The van der Waals surface area contributed by atoms with Gasteiger partial charge in [0.15, 0.2) is 5.82 Å². The molecule has 5 nitrogen and oxygen atoms in total. The van der Waals surface area contributed by atoms with Gasteiger partial charge in [-0.3, -0.25) is 4.79 Å². The van der Waals surface area contributed by atoms with E-state index in [4.69, 9.17) is 4.52 Å². The minimum absolute atomic E-state index is 0.108. The van der Waals surface area contributed by atoms with Crippen LogP contribution in [0.15, 0.2) is 27.2 Å². The number of carbonyl (C=O) groups excluding carboxylic acids is 1. The molecule has 0 bridgehead atoms. The Labute approximate surface area is 137 Å². The fourth-order valence-corrected chi connectivity index (χ4v) is 3.10. The molecule has 0 saturated heterocycles. The molecule has 116 valence electrons. The molecule has 1 aliphatic heterocycles. The molecule has 6 heteroatoms. The first-order valence-electron chi connectivity index (χ1n) is 7.57. The van der Waals surface area contributed by atoms with Gasteiger partial charge in [0.25, 0.3) is 0 Å². The molecule has 1 aromatic heterocycles. The highest BCUT2D eigenvalue weighted by atomic mass is 79.9. The summed E-state index contributed by atoms with van der Waals surface area (Å²) in [6.45, 7) is 2.82. The second-order valence-electron chi connectivity index (χ2n) is 5.42. The highest BCUT2D eigenvalue weighted by molar-refractivity contribution is 9.10. The SMILES string of the molecule is CCCc1noc(CCC(=O)N2CCc3cc(Br)ccc32)n1. The lowest BCUT2D eigenvalue weighted by Crippen LogP contribution is -2.29. The Morgan fingerprint density at radius 2 is 2.27 bits per heavy atom. The third kappa shape index (κ3) is 3.21. The monoisotopic (exact) mass is 363 g/mol. The summed E-state index contributed by atoms with van der Waals surface area (Å²) in [7, 11) is 0. The van der Waals surface area contributed by atoms with E-state index in [2.05, 4.69) is 39.1 Å². The van der Waals surface area contributed by atoms with Crippen LogP contribution in [0, 0.1) is 0 Å². The number of nitrogens with zero attached hydrogens (tertiary/aromatic N) is 3. The molecule has 22 heavy (non-hydrogen) atoms. The summed E-state index contributed by atoms with van der Waals surface area (Å²) in [5.41, 5.74) is 2.23. The van der Waals surface area contributed by atoms with E-state index in [1.165, 1.54) is 5.56 Å². The summed E-state index contributed by atoms with van der Waals surface area (Å²) < 4.78 is 6.23. The van der Waals surface area contributed by atoms with E-state index in [0.717, 1.165) is 41.8 Å². The predicted octanol–water partition coefficient (Wildman–Crippen LogP) is 3.31. The quantitative estimate of drug-likeness (QED) is 0.817. The average Bonchev–Trinajstić information content (AvgIpc) is 3.11. The smallest absolute Gasteiger partial charge is 0.227 e. The molecular formula is C16H18BrN3O2. The molecule has 0 aliphatic carbocycles. The van der Waals surface area contributed by atoms with Crippen LogP contribution in [0.5, 0.6) is 0 Å². The fourth-order valence-electron chi connectivity index (χ4n) is 2.70. The van der Waals surface area contributed by atoms with Crippen molar-refractivity contribution in [2.45, 2.75) is 39.0 Å². The number of rotatable bonds is 5. The third-order valence-electron chi connectivity index (χ3n) is 3.77. The van der Waals surface area contributed by atoms with Crippen LogP contribution in [-0.2, 0) is 24.1 Å². The van der Waals surface area contributed by atoms with Crippen LogP contribution in [0.4, 0.5) is 5.69 Å². The Bertz CT molecular complexity index is 684. The minimum atomic E-state index is 0.108.